The SMILES string of the molecule is N#CCC(N)C1CCN(c2ccc3c(=O)[nH]c(=O)n(C4CC4)c3c2)C1. The van der Waals surface area contributed by atoms with Crippen LogP contribution in [0.5, 0.6) is 0 Å². The molecular weight excluding hydrogens is 318 g/mol. The van der Waals surface area contributed by atoms with Gasteiger partial charge in [-0.05, 0) is 43.4 Å². The first kappa shape index (κ1) is 15.9. The molecule has 7 heteroatoms. The molecule has 7 nitrogen and oxygen atoms in total. The topological polar surface area (TPSA) is 108 Å². The molecule has 0 spiro atoms. The quantitative estimate of drug-likeness (QED) is 0.867. The highest BCUT2D eigenvalue weighted by atomic mass is 16.2. The number of hydrogen-bond donors (Lipinski definition) is 2. The number of rotatable bonds is 4. The monoisotopic (exact) mass is 339 g/mol. The first-order valence-corrected chi connectivity index (χ1v) is 8.74. The molecule has 1 aliphatic heterocycles. The number of nitrogens with one attached hydrogen (secondary N) is 1. The summed E-state index contributed by atoms with van der Waals surface area (Å²) in [6.07, 6.45) is 3.26. The van der Waals surface area contributed by atoms with Crippen molar-refractivity contribution in [3.05, 3.63) is 39.0 Å². The molecular formula is C18H21N5O2. The molecule has 2 unspecified atom stereocenters. The molecule has 25 heavy (non-hydrogen) atoms. The van der Waals surface area contributed by atoms with E-state index in [9.17, 15) is 9.59 Å². The molecule has 0 amide bonds. The molecule has 1 aromatic carbocycles. The Kier molecular flexibility index (Phi) is 3.85. The number of nitriles is 1. The second-order valence-electron chi connectivity index (χ2n) is 7.08. The van der Waals surface area contributed by atoms with E-state index in [0.717, 1.165) is 38.0 Å². The summed E-state index contributed by atoms with van der Waals surface area (Å²) in [5, 5.41) is 9.38. The normalized spacial score (nSPS) is 21.4. The van der Waals surface area contributed by atoms with Crippen LogP contribution >= 0.6 is 0 Å². The third kappa shape index (κ3) is 2.83. The van der Waals surface area contributed by atoms with Crippen LogP contribution in [0.1, 0.15) is 31.7 Å². The number of aromatic amines is 1. The summed E-state index contributed by atoms with van der Waals surface area (Å²) >= 11 is 0. The van der Waals surface area contributed by atoms with Gasteiger partial charge in [0, 0.05) is 30.9 Å². The maximum atomic E-state index is 12.2. The third-order valence-electron chi connectivity index (χ3n) is 5.36. The van der Waals surface area contributed by atoms with E-state index in [2.05, 4.69) is 16.0 Å². The number of benzene rings is 1. The first-order chi connectivity index (χ1) is 12.1. The fourth-order valence-electron chi connectivity index (χ4n) is 3.78. The van der Waals surface area contributed by atoms with E-state index >= 15 is 0 Å². The number of nitrogens with two attached hydrogens (primary N) is 1. The maximum absolute atomic E-state index is 12.2. The molecule has 1 saturated heterocycles. The zero-order valence-corrected chi connectivity index (χ0v) is 13.9. The van der Waals surface area contributed by atoms with Crippen molar-refractivity contribution >= 4 is 16.6 Å². The van der Waals surface area contributed by atoms with Crippen LogP contribution in [0.3, 0.4) is 0 Å². The van der Waals surface area contributed by atoms with Crippen LogP contribution in [-0.4, -0.2) is 28.7 Å². The number of H-pyrrole nitrogens is 1. The summed E-state index contributed by atoms with van der Waals surface area (Å²) in [6.45, 7) is 1.66. The van der Waals surface area contributed by atoms with Gasteiger partial charge in [-0.3, -0.25) is 14.3 Å². The zero-order chi connectivity index (χ0) is 17.6. The number of nitrogens with zero attached hydrogens (tertiary/aromatic N) is 3. The van der Waals surface area contributed by atoms with Gasteiger partial charge in [-0.1, -0.05) is 0 Å². The van der Waals surface area contributed by atoms with Gasteiger partial charge in [0.05, 0.1) is 23.4 Å². The van der Waals surface area contributed by atoms with Crippen LogP contribution in [0.4, 0.5) is 5.69 Å². The maximum Gasteiger partial charge on any atom is 0.329 e. The molecule has 1 aromatic heterocycles. The Bertz CT molecular complexity index is 966. The molecule has 0 radical (unpaired) electrons. The smallest absolute Gasteiger partial charge is 0.329 e. The van der Waals surface area contributed by atoms with Gasteiger partial charge in [0.2, 0.25) is 0 Å². The predicted molar refractivity (Wildman–Crippen MR) is 95.6 cm³/mol. The Morgan fingerprint density at radius 3 is 2.84 bits per heavy atom. The fraction of sp³-hybridized carbons (Fsp3) is 0.500. The Morgan fingerprint density at radius 2 is 2.12 bits per heavy atom. The highest BCUT2D eigenvalue weighted by molar-refractivity contribution is 5.82. The molecule has 0 bridgehead atoms. The largest absolute Gasteiger partial charge is 0.371 e. The van der Waals surface area contributed by atoms with E-state index in [0.29, 0.717) is 23.2 Å². The summed E-state index contributed by atoms with van der Waals surface area (Å²) in [7, 11) is 0. The molecule has 2 atom stereocenters. The van der Waals surface area contributed by atoms with Crippen LogP contribution in [0, 0.1) is 17.2 Å². The Balaban J connectivity index is 1.70. The van der Waals surface area contributed by atoms with Gasteiger partial charge in [0.15, 0.2) is 0 Å². The van der Waals surface area contributed by atoms with E-state index in [1.165, 1.54) is 0 Å². The molecule has 2 aliphatic rings. The van der Waals surface area contributed by atoms with Gasteiger partial charge in [0.1, 0.15) is 0 Å². The summed E-state index contributed by atoms with van der Waals surface area (Å²) < 4.78 is 1.72. The average Bonchev–Trinajstić information content (AvgIpc) is 3.29. The van der Waals surface area contributed by atoms with Crippen molar-refractivity contribution in [2.75, 3.05) is 18.0 Å². The van der Waals surface area contributed by atoms with E-state index in [-0.39, 0.29) is 23.3 Å². The lowest BCUT2D eigenvalue weighted by Crippen LogP contribution is -2.32. The molecule has 3 N–H and O–H groups in total. The summed E-state index contributed by atoms with van der Waals surface area (Å²) in [4.78, 5) is 29.0. The first-order valence-electron chi connectivity index (χ1n) is 8.74. The Hall–Kier alpha value is -2.59. The minimum Gasteiger partial charge on any atom is -0.371 e. The lowest BCUT2D eigenvalue weighted by Gasteiger charge is -2.21. The standard InChI is InChI=1S/C18H21N5O2/c19-7-5-15(20)11-6-8-22(10-11)13-3-4-14-16(9-13)23(12-1-2-12)18(25)21-17(14)24/h3-4,9,11-12,15H,1-2,5-6,8,10,20H2,(H,21,24,25). The molecule has 1 aliphatic carbocycles. The van der Waals surface area contributed by atoms with E-state index < -0.39 is 0 Å². The summed E-state index contributed by atoms with van der Waals surface area (Å²) in [6, 6.07) is 7.90. The minimum atomic E-state index is -0.334. The van der Waals surface area contributed by atoms with Gasteiger partial charge in [-0.2, -0.15) is 5.26 Å². The van der Waals surface area contributed by atoms with Gasteiger partial charge in [0.25, 0.3) is 5.56 Å². The summed E-state index contributed by atoms with van der Waals surface area (Å²) in [5.74, 6) is 0.292. The molecule has 1 saturated carbocycles. The number of fused-ring (bicyclic) bond motifs is 1. The number of anilines is 1. The number of aromatic nitrogens is 2. The lowest BCUT2D eigenvalue weighted by atomic mass is 9.98. The van der Waals surface area contributed by atoms with Crippen molar-refractivity contribution in [2.45, 2.75) is 37.8 Å². The van der Waals surface area contributed by atoms with Gasteiger partial charge < -0.3 is 10.6 Å². The van der Waals surface area contributed by atoms with E-state index in [4.69, 9.17) is 11.0 Å². The third-order valence-corrected chi connectivity index (χ3v) is 5.36. The summed E-state index contributed by atoms with van der Waals surface area (Å²) in [5.41, 5.74) is 7.14. The van der Waals surface area contributed by atoms with E-state index in [1.54, 1.807) is 10.6 Å². The van der Waals surface area contributed by atoms with Crippen molar-refractivity contribution in [1.82, 2.24) is 9.55 Å². The average molecular weight is 339 g/mol. The second-order valence-corrected chi connectivity index (χ2v) is 7.08. The number of hydrogen-bond acceptors (Lipinski definition) is 5. The van der Waals surface area contributed by atoms with Crippen molar-refractivity contribution < 1.29 is 0 Å². The van der Waals surface area contributed by atoms with Crippen molar-refractivity contribution in [3.63, 3.8) is 0 Å². The minimum absolute atomic E-state index is 0.108. The van der Waals surface area contributed by atoms with Crippen LogP contribution in [-0.2, 0) is 0 Å². The van der Waals surface area contributed by atoms with Gasteiger partial charge >= 0.3 is 5.69 Å². The zero-order valence-electron chi connectivity index (χ0n) is 13.9. The van der Waals surface area contributed by atoms with E-state index in [1.807, 2.05) is 12.1 Å². The predicted octanol–water partition coefficient (Wildman–Crippen LogP) is 1.09. The highest BCUT2D eigenvalue weighted by Crippen LogP contribution is 2.36. The molecule has 130 valence electrons. The Labute approximate surface area is 144 Å². The molecule has 2 heterocycles. The van der Waals surface area contributed by atoms with Crippen LogP contribution < -0.4 is 21.9 Å². The van der Waals surface area contributed by atoms with Gasteiger partial charge in [-0.15, -0.1) is 0 Å². The van der Waals surface area contributed by atoms with Crippen molar-refractivity contribution in [2.24, 2.45) is 11.7 Å². The lowest BCUT2D eigenvalue weighted by molar-refractivity contribution is 0.464. The highest BCUT2D eigenvalue weighted by Gasteiger charge is 2.29. The molecule has 2 aromatic rings. The Morgan fingerprint density at radius 1 is 1.32 bits per heavy atom. The van der Waals surface area contributed by atoms with Crippen LogP contribution in [0.25, 0.3) is 10.9 Å². The van der Waals surface area contributed by atoms with Gasteiger partial charge in [-0.25, -0.2) is 4.79 Å². The van der Waals surface area contributed by atoms with Crippen LogP contribution in [0.15, 0.2) is 27.8 Å². The van der Waals surface area contributed by atoms with Crippen molar-refractivity contribution in [1.29, 1.82) is 5.26 Å². The van der Waals surface area contributed by atoms with Crippen LogP contribution in [0.2, 0.25) is 0 Å². The molecule has 4 rings (SSSR count). The molecule has 2 fully saturated rings. The van der Waals surface area contributed by atoms with Crippen molar-refractivity contribution in [3.8, 4) is 6.07 Å². The second kappa shape index (κ2) is 6.05. The fourth-order valence-corrected chi connectivity index (χ4v) is 3.78.